The van der Waals surface area contributed by atoms with E-state index in [9.17, 15) is 18.0 Å². The van der Waals surface area contributed by atoms with Gasteiger partial charge < -0.3 is 10.6 Å². The van der Waals surface area contributed by atoms with Gasteiger partial charge in [0, 0.05) is 6.54 Å². The third-order valence-corrected chi connectivity index (χ3v) is 1.48. The van der Waals surface area contributed by atoms with Gasteiger partial charge >= 0.3 is 6.18 Å². The van der Waals surface area contributed by atoms with Crippen LogP contribution in [0.3, 0.4) is 0 Å². The van der Waals surface area contributed by atoms with E-state index in [0.29, 0.717) is 13.0 Å². The molecule has 0 unspecified atom stereocenters. The first-order chi connectivity index (χ1) is 6.95. The Bertz CT molecular complexity index is 214. The van der Waals surface area contributed by atoms with Gasteiger partial charge in [0.2, 0.25) is 5.91 Å². The monoisotopic (exact) mass is 224 g/mol. The third kappa shape index (κ3) is 10.9. The van der Waals surface area contributed by atoms with Gasteiger partial charge in [-0.3, -0.25) is 4.79 Å². The van der Waals surface area contributed by atoms with E-state index in [0.717, 1.165) is 0 Å². The van der Waals surface area contributed by atoms with E-state index in [1.165, 1.54) is 0 Å². The van der Waals surface area contributed by atoms with Crippen molar-refractivity contribution >= 4 is 5.91 Å². The van der Waals surface area contributed by atoms with E-state index >= 15 is 0 Å². The normalized spacial score (nSPS) is 12.0. The Labute approximate surface area is 86.7 Å². The molecule has 15 heavy (non-hydrogen) atoms. The molecule has 0 spiro atoms. The van der Waals surface area contributed by atoms with Gasteiger partial charge in [-0.15, -0.1) is 0 Å². The molecule has 0 fully saturated rings. The fraction of sp³-hybridized carbons (Fsp3) is 0.667. The van der Waals surface area contributed by atoms with Crippen LogP contribution in [0.5, 0.6) is 0 Å². The summed E-state index contributed by atoms with van der Waals surface area (Å²) in [4.78, 5) is 10.9. The van der Waals surface area contributed by atoms with Gasteiger partial charge in [0.25, 0.3) is 0 Å². The number of halogens is 3. The Morgan fingerprint density at radius 3 is 2.60 bits per heavy atom. The van der Waals surface area contributed by atoms with Crippen molar-refractivity contribution in [2.75, 3.05) is 19.6 Å². The highest BCUT2D eigenvalue weighted by atomic mass is 19.4. The van der Waals surface area contributed by atoms with Crippen molar-refractivity contribution in [1.82, 2.24) is 10.6 Å². The summed E-state index contributed by atoms with van der Waals surface area (Å²) in [7, 11) is 0. The molecule has 3 nitrogen and oxygen atoms in total. The summed E-state index contributed by atoms with van der Waals surface area (Å²) >= 11 is 0. The van der Waals surface area contributed by atoms with Gasteiger partial charge in [-0.05, 0) is 13.3 Å². The third-order valence-electron chi connectivity index (χ3n) is 1.48. The lowest BCUT2D eigenvalue weighted by atomic mass is 10.4. The zero-order valence-corrected chi connectivity index (χ0v) is 8.53. The fourth-order valence-corrected chi connectivity index (χ4v) is 0.842. The maximum atomic E-state index is 11.7. The van der Waals surface area contributed by atoms with Crippen LogP contribution in [0.1, 0.15) is 13.3 Å². The molecular weight excluding hydrogens is 209 g/mol. The van der Waals surface area contributed by atoms with Gasteiger partial charge in [0.15, 0.2) is 0 Å². The van der Waals surface area contributed by atoms with Gasteiger partial charge in [-0.1, -0.05) is 12.2 Å². The second kappa shape index (κ2) is 7.28. The Morgan fingerprint density at radius 2 is 2.07 bits per heavy atom. The first kappa shape index (κ1) is 14.0. The molecule has 0 aromatic rings. The summed E-state index contributed by atoms with van der Waals surface area (Å²) < 4.78 is 35.0. The van der Waals surface area contributed by atoms with Crippen LogP contribution >= 0.6 is 0 Å². The number of rotatable bonds is 6. The molecule has 0 heterocycles. The predicted octanol–water partition coefficient (Wildman–Crippen LogP) is 1.22. The Morgan fingerprint density at radius 1 is 1.40 bits per heavy atom. The molecule has 0 aliphatic heterocycles. The summed E-state index contributed by atoms with van der Waals surface area (Å²) in [6, 6.07) is 0. The van der Waals surface area contributed by atoms with Crippen LogP contribution in [0.15, 0.2) is 12.2 Å². The molecule has 0 saturated heterocycles. The summed E-state index contributed by atoms with van der Waals surface area (Å²) in [5, 5.41) is 4.49. The first-order valence-corrected chi connectivity index (χ1v) is 4.61. The van der Waals surface area contributed by atoms with E-state index in [4.69, 9.17) is 0 Å². The number of nitrogens with one attached hydrogen (secondary N) is 2. The van der Waals surface area contributed by atoms with E-state index < -0.39 is 18.6 Å². The molecule has 0 aromatic carbocycles. The Kier molecular flexibility index (Phi) is 6.77. The highest BCUT2D eigenvalue weighted by Crippen LogP contribution is 2.11. The van der Waals surface area contributed by atoms with Crippen LogP contribution in [-0.2, 0) is 4.79 Å². The molecule has 88 valence electrons. The van der Waals surface area contributed by atoms with E-state index in [1.807, 2.05) is 24.4 Å². The van der Waals surface area contributed by atoms with E-state index in [1.54, 1.807) is 0 Å². The number of hydrogen-bond acceptors (Lipinski definition) is 2. The number of carbonyl (C=O) groups excluding carboxylic acids is 1. The standard InChI is InChI=1S/C9H15F3N2O/c1-2-3-4-5-14-8(15)6-13-7-9(10,11)12/h2-3,13H,4-7H2,1H3,(H,14,15)/b3-2+. The lowest BCUT2D eigenvalue weighted by Crippen LogP contribution is -2.38. The Hall–Kier alpha value is -1.04. The van der Waals surface area contributed by atoms with Gasteiger partial charge in [0.05, 0.1) is 13.1 Å². The van der Waals surface area contributed by atoms with Crippen molar-refractivity contribution in [3.63, 3.8) is 0 Å². The summed E-state index contributed by atoms with van der Waals surface area (Å²) in [5.74, 6) is -0.427. The molecule has 0 aliphatic rings. The summed E-state index contributed by atoms with van der Waals surface area (Å²) in [6.45, 7) is 0.841. The Balaban J connectivity index is 3.42. The first-order valence-electron chi connectivity index (χ1n) is 4.61. The van der Waals surface area contributed by atoms with Crippen LogP contribution in [0.2, 0.25) is 0 Å². The average Bonchev–Trinajstić information content (AvgIpc) is 2.10. The van der Waals surface area contributed by atoms with Crippen molar-refractivity contribution in [3.05, 3.63) is 12.2 Å². The minimum atomic E-state index is -4.27. The number of hydrogen-bond donors (Lipinski definition) is 2. The van der Waals surface area contributed by atoms with E-state index in [2.05, 4.69) is 5.32 Å². The van der Waals surface area contributed by atoms with Crippen LogP contribution in [0.4, 0.5) is 13.2 Å². The van der Waals surface area contributed by atoms with Crippen LogP contribution < -0.4 is 10.6 Å². The lowest BCUT2D eigenvalue weighted by Gasteiger charge is -2.08. The van der Waals surface area contributed by atoms with Crippen molar-refractivity contribution < 1.29 is 18.0 Å². The largest absolute Gasteiger partial charge is 0.401 e. The van der Waals surface area contributed by atoms with Crippen LogP contribution in [0, 0.1) is 0 Å². The second-order valence-electron chi connectivity index (χ2n) is 2.93. The maximum Gasteiger partial charge on any atom is 0.401 e. The van der Waals surface area contributed by atoms with Crippen molar-refractivity contribution in [2.24, 2.45) is 0 Å². The summed E-state index contributed by atoms with van der Waals surface area (Å²) in [5.41, 5.74) is 0. The predicted molar refractivity (Wildman–Crippen MR) is 51.4 cm³/mol. The number of carbonyl (C=O) groups is 1. The van der Waals surface area contributed by atoms with Gasteiger partial charge in [-0.25, -0.2) is 0 Å². The van der Waals surface area contributed by atoms with E-state index in [-0.39, 0.29) is 6.54 Å². The SMILES string of the molecule is C/C=C/CCNC(=O)CNCC(F)(F)F. The molecule has 0 saturated carbocycles. The topological polar surface area (TPSA) is 41.1 Å². The van der Waals surface area contributed by atoms with Crippen LogP contribution in [0.25, 0.3) is 0 Å². The van der Waals surface area contributed by atoms with Crippen LogP contribution in [-0.4, -0.2) is 31.7 Å². The minimum absolute atomic E-state index is 0.310. The fourth-order valence-electron chi connectivity index (χ4n) is 0.842. The smallest absolute Gasteiger partial charge is 0.355 e. The minimum Gasteiger partial charge on any atom is -0.355 e. The molecule has 6 heteroatoms. The quantitative estimate of drug-likeness (QED) is 0.526. The molecule has 0 bridgehead atoms. The molecule has 0 radical (unpaired) electrons. The molecular formula is C9H15F3N2O. The number of allylic oxidation sites excluding steroid dienone is 1. The molecule has 2 N–H and O–H groups in total. The van der Waals surface area contributed by atoms with Crippen molar-refractivity contribution in [1.29, 1.82) is 0 Å². The zero-order valence-electron chi connectivity index (χ0n) is 8.53. The van der Waals surface area contributed by atoms with Gasteiger partial charge in [0.1, 0.15) is 0 Å². The van der Waals surface area contributed by atoms with Gasteiger partial charge in [-0.2, -0.15) is 13.2 Å². The lowest BCUT2D eigenvalue weighted by molar-refractivity contribution is -0.128. The highest BCUT2D eigenvalue weighted by Gasteiger charge is 2.26. The molecule has 0 aliphatic carbocycles. The van der Waals surface area contributed by atoms with Crippen molar-refractivity contribution in [2.45, 2.75) is 19.5 Å². The summed E-state index contributed by atoms with van der Waals surface area (Å²) in [6.07, 6.45) is 0.115. The molecule has 0 atom stereocenters. The number of amides is 1. The second-order valence-corrected chi connectivity index (χ2v) is 2.93. The maximum absolute atomic E-state index is 11.7. The van der Waals surface area contributed by atoms with Crippen molar-refractivity contribution in [3.8, 4) is 0 Å². The highest BCUT2D eigenvalue weighted by molar-refractivity contribution is 5.77. The average molecular weight is 224 g/mol. The molecule has 1 amide bonds. The molecule has 0 rings (SSSR count). The number of alkyl halides is 3. The molecule has 0 aromatic heterocycles. The zero-order chi connectivity index (χ0) is 11.7.